The van der Waals surface area contributed by atoms with Gasteiger partial charge < -0.3 is 9.67 Å². The summed E-state index contributed by atoms with van der Waals surface area (Å²) < 4.78 is 2.22. The second kappa shape index (κ2) is 14.5. The molecule has 0 spiro atoms. The summed E-state index contributed by atoms with van der Waals surface area (Å²) in [4.78, 5) is 21.9. The molecule has 0 aliphatic heterocycles. The average Bonchev–Trinajstić information content (AvgIpc) is 3.35. The summed E-state index contributed by atoms with van der Waals surface area (Å²) in [5, 5.41) is 16.1. The quantitative estimate of drug-likeness (QED) is 0.0945. The summed E-state index contributed by atoms with van der Waals surface area (Å²) >= 11 is 0. The molecule has 247 valence electrons. The normalized spacial score (nSPS) is 12.3. The third-order valence-corrected chi connectivity index (χ3v) is 10.3. The van der Waals surface area contributed by atoms with E-state index in [1.807, 2.05) is 54.5 Å². The zero-order valence-corrected chi connectivity index (χ0v) is 31.3. The predicted octanol–water partition coefficient (Wildman–Crippen LogP) is 10.9. The van der Waals surface area contributed by atoms with E-state index in [9.17, 15) is 9.90 Å². The van der Waals surface area contributed by atoms with Crippen LogP contribution in [0.5, 0.6) is 0 Å². The molecule has 0 saturated carbocycles. The van der Waals surface area contributed by atoms with Crippen LogP contribution in [0.4, 0.5) is 0 Å². The number of ketones is 1. The van der Waals surface area contributed by atoms with E-state index in [4.69, 9.17) is 9.97 Å². The van der Waals surface area contributed by atoms with Gasteiger partial charge in [-0.25, -0.2) is 4.98 Å². The van der Waals surface area contributed by atoms with Crippen molar-refractivity contribution < 1.29 is 30.0 Å². The number of carbonyl (C=O) groups excluding carboxylic acids is 1. The minimum absolute atomic E-state index is 0. The van der Waals surface area contributed by atoms with Gasteiger partial charge >= 0.3 is 0 Å². The van der Waals surface area contributed by atoms with Crippen LogP contribution in [0.2, 0.25) is 0 Å². The molecular formula is C41H46IrN3O2-. The summed E-state index contributed by atoms with van der Waals surface area (Å²) in [5.41, 5.74) is 4.54. The summed E-state index contributed by atoms with van der Waals surface area (Å²) in [5.74, 6) is 1.06. The van der Waals surface area contributed by atoms with Gasteiger partial charge in [0.05, 0.1) is 16.6 Å². The van der Waals surface area contributed by atoms with Crippen molar-refractivity contribution in [3.8, 4) is 11.3 Å². The summed E-state index contributed by atoms with van der Waals surface area (Å²) in [6.45, 7) is 14.0. The number of carbonyl (C=O) groups is 1. The maximum atomic E-state index is 12.2. The average molecular weight is 805 g/mol. The van der Waals surface area contributed by atoms with E-state index in [-0.39, 0.29) is 42.5 Å². The second-order valence-electron chi connectivity index (χ2n) is 13.0. The largest absolute Gasteiger partial charge is 0.512 e. The van der Waals surface area contributed by atoms with E-state index in [2.05, 4.69) is 84.4 Å². The number of nitrogens with zero attached hydrogens (tertiary/aromatic N) is 3. The number of hydrogen-bond donors (Lipinski definition) is 1. The van der Waals surface area contributed by atoms with Crippen LogP contribution in [0.1, 0.15) is 73.1 Å². The standard InChI is InChI=1S/C26H18N3.C15H28O2.Ir/c1-16-27-24(21-12-11-17-7-3-4-8-18(17)13-21)26-25(28-16)22-14-19-9-5-6-10-20(19)15-23(22)29(26)2;1-7-14(5,8-2)12(16)11-13(17)15(6,9-3)10-4;/h3-11,13-15H,1-2H3;11,16H,7-10H2,1-6H3;/q-1;;/b;12-11-;. The van der Waals surface area contributed by atoms with Gasteiger partial charge in [-0.05, 0) is 55.5 Å². The molecule has 2 aromatic heterocycles. The number of aromatic nitrogens is 3. The summed E-state index contributed by atoms with van der Waals surface area (Å²) in [6, 6.07) is 29.0. The van der Waals surface area contributed by atoms with Gasteiger partial charge in [-0.2, -0.15) is 0 Å². The maximum absolute atomic E-state index is 12.2. The van der Waals surface area contributed by atoms with Gasteiger partial charge in [0.1, 0.15) is 11.6 Å². The number of benzene rings is 4. The zero-order valence-electron chi connectivity index (χ0n) is 28.9. The molecular weight excluding hydrogens is 759 g/mol. The minimum atomic E-state index is -0.337. The van der Waals surface area contributed by atoms with Gasteiger partial charge in [0, 0.05) is 55.1 Å². The number of fused-ring (bicyclic) bond motifs is 5. The number of hydrogen-bond acceptors (Lipinski definition) is 4. The minimum Gasteiger partial charge on any atom is -0.512 e. The molecule has 1 radical (unpaired) electrons. The first-order chi connectivity index (χ1) is 22.0. The van der Waals surface area contributed by atoms with Crippen LogP contribution in [-0.4, -0.2) is 25.4 Å². The smallest absolute Gasteiger partial charge is 0.164 e. The molecule has 0 saturated heterocycles. The third-order valence-electron chi connectivity index (χ3n) is 10.3. The van der Waals surface area contributed by atoms with Crippen LogP contribution >= 0.6 is 0 Å². The number of rotatable bonds is 8. The van der Waals surface area contributed by atoms with Gasteiger partial charge in [0.25, 0.3) is 0 Å². The predicted molar refractivity (Wildman–Crippen MR) is 193 cm³/mol. The fourth-order valence-corrected chi connectivity index (χ4v) is 6.02. The third kappa shape index (κ3) is 6.91. The molecule has 6 rings (SSSR count). The Labute approximate surface area is 292 Å². The molecule has 0 bridgehead atoms. The van der Waals surface area contributed by atoms with Crippen LogP contribution in [0.3, 0.4) is 0 Å². The van der Waals surface area contributed by atoms with Crippen LogP contribution in [0.15, 0.2) is 84.6 Å². The second-order valence-corrected chi connectivity index (χ2v) is 13.0. The van der Waals surface area contributed by atoms with Crippen molar-refractivity contribution in [1.82, 2.24) is 14.5 Å². The van der Waals surface area contributed by atoms with Crippen molar-refractivity contribution >= 4 is 49.3 Å². The topological polar surface area (TPSA) is 68.0 Å². The van der Waals surface area contributed by atoms with Gasteiger partial charge in [0.2, 0.25) is 0 Å². The molecule has 0 unspecified atom stereocenters. The molecule has 0 aliphatic carbocycles. The zero-order chi connectivity index (χ0) is 33.2. The fraction of sp³-hybridized carbons (Fsp3) is 0.341. The Hall–Kier alpha value is -3.86. The molecule has 4 aromatic carbocycles. The van der Waals surface area contributed by atoms with Gasteiger partial charge in [0.15, 0.2) is 5.78 Å². The van der Waals surface area contributed by atoms with Crippen LogP contribution in [0, 0.1) is 23.8 Å². The molecule has 6 heteroatoms. The molecule has 5 nitrogen and oxygen atoms in total. The molecule has 0 amide bonds. The van der Waals surface area contributed by atoms with Crippen molar-refractivity contribution in [1.29, 1.82) is 0 Å². The molecule has 2 heterocycles. The monoisotopic (exact) mass is 805 g/mol. The number of aryl methyl sites for hydroxylation is 2. The van der Waals surface area contributed by atoms with Gasteiger partial charge in [-0.1, -0.05) is 95.5 Å². The first kappa shape index (κ1) is 36.0. The number of aliphatic hydroxyl groups excluding tert-OH is 1. The molecule has 47 heavy (non-hydrogen) atoms. The maximum Gasteiger partial charge on any atom is 0.164 e. The van der Waals surface area contributed by atoms with E-state index in [1.165, 1.54) is 33.1 Å². The van der Waals surface area contributed by atoms with E-state index in [0.29, 0.717) is 0 Å². The molecule has 0 atom stereocenters. The first-order valence-electron chi connectivity index (χ1n) is 16.5. The summed E-state index contributed by atoms with van der Waals surface area (Å²) in [6.07, 6.45) is 4.75. The first-order valence-corrected chi connectivity index (χ1v) is 16.5. The van der Waals surface area contributed by atoms with E-state index < -0.39 is 0 Å². The summed E-state index contributed by atoms with van der Waals surface area (Å²) in [7, 11) is 2.10. The Bertz CT molecular complexity index is 2080. The number of aliphatic hydroxyl groups is 1. The van der Waals surface area contributed by atoms with Crippen LogP contribution in [-0.2, 0) is 31.9 Å². The van der Waals surface area contributed by atoms with Crippen molar-refractivity contribution in [3.05, 3.63) is 96.5 Å². The molecule has 1 N–H and O–H groups in total. The van der Waals surface area contributed by atoms with Crippen LogP contribution in [0.25, 0.3) is 54.7 Å². The van der Waals surface area contributed by atoms with Crippen LogP contribution < -0.4 is 0 Å². The van der Waals surface area contributed by atoms with Crippen molar-refractivity contribution in [2.24, 2.45) is 17.9 Å². The molecule has 6 aromatic rings. The van der Waals surface area contributed by atoms with Crippen molar-refractivity contribution in [3.63, 3.8) is 0 Å². The Balaban J connectivity index is 0.000000242. The molecule has 0 fully saturated rings. The SMILES string of the molecule is CCC(C)(CC)C(=O)/C=C(\O)C(C)(CC)CC.Cc1nc(-c2[c-]cc3ccccc3c2)c2c(n1)c1cc3ccccc3cc1n2C.[Ir]. The molecule has 0 aliphatic rings. The van der Waals surface area contributed by atoms with Crippen molar-refractivity contribution in [2.45, 2.75) is 74.1 Å². The number of allylic oxidation sites excluding steroid dienone is 2. The Morgan fingerprint density at radius 3 is 1.94 bits per heavy atom. The van der Waals surface area contributed by atoms with Gasteiger partial charge in [-0.15, -0.1) is 29.1 Å². The van der Waals surface area contributed by atoms with Gasteiger partial charge in [-0.3, -0.25) is 9.78 Å². The Kier molecular flexibility index (Phi) is 11.1. The Morgan fingerprint density at radius 2 is 1.36 bits per heavy atom. The van der Waals surface area contributed by atoms with E-state index in [1.54, 1.807) is 0 Å². The Morgan fingerprint density at radius 1 is 0.830 bits per heavy atom. The fourth-order valence-electron chi connectivity index (χ4n) is 6.02. The van der Waals surface area contributed by atoms with Crippen molar-refractivity contribution in [2.75, 3.05) is 0 Å². The van der Waals surface area contributed by atoms with E-state index >= 15 is 0 Å². The van der Waals surface area contributed by atoms with E-state index in [0.717, 1.165) is 59.2 Å².